The SMILES string of the molecule is Brc1ccc(-c2nnc(C3CCOCC3)o2)cc1. The molecule has 1 aromatic heterocycles. The van der Waals surface area contributed by atoms with E-state index < -0.39 is 0 Å². The molecule has 5 heteroatoms. The Morgan fingerprint density at radius 2 is 1.78 bits per heavy atom. The van der Waals surface area contributed by atoms with Crippen molar-refractivity contribution in [2.24, 2.45) is 0 Å². The highest BCUT2D eigenvalue weighted by molar-refractivity contribution is 9.10. The normalized spacial score (nSPS) is 16.9. The summed E-state index contributed by atoms with van der Waals surface area (Å²) in [6.07, 6.45) is 1.92. The number of hydrogen-bond donors (Lipinski definition) is 0. The number of benzene rings is 1. The number of aromatic nitrogens is 2. The van der Waals surface area contributed by atoms with Gasteiger partial charge in [-0.3, -0.25) is 0 Å². The lowest BCUT2D eigenvalue weighted by Gasteiger charge is -2.18. The topological polar surface area (TPSA) is 48.2 Å². The summed E-state index contributed by atoms with van der Waals surface area (Å²) in [5.74, 6) is 1.66. The van der Waals surface area contributed by atoms with Crippen LogP contribution in [0.4, 0.5) is 0 Å². The summed E-state index contributed by atoms with van der Waals surface area (Å²) < 4.78 is 12.1. The molecule has 0 aliphatic carbocycles. The van der Waals surface area contributed by atoms with Crippen LogP contribution in [0, 0.1) is 0 Å². The molecule has 1 fully saturated rings. The van der Waals surface area contributed by atoms with E-state index in [-0.39, 0.29) is 0 Å². The van der Waals surface area contributed by atoms with Crippen LogP contribution in [0.25, 0.3) is 11.5 Å². The minimum atomic E-state index is 0.343. The van der Waals surface area contributed by atoms with Crippen molar-refractivity contribution in [3.8, 4) is 11.5 Å². The van der Waals surface area contributed by atoms with E-state index in [1.807, 2.05) is 24.3 Å². The monoisotopic (exact) mass is 308 g/mol. The molecule has 1 aromatic carbocycles. The number of halogens is 1. The van der Waals surface area contributed by atoms with Crippen LogP contribution in [0.5, 0.6) is 0 Å². The molecule has 0 spiro atoms. The maximum atomic E-state index is 5.76. The first-order valence-electron chi connectivity index (χ1n) is 6.00. The molecular formula is C13H13BrN2O2. The molecule has 18 heavy (non-hydrogen) atoms. The van der Waals surface area contributed by atoms with Crippen molar-refractivity contribution in [2.75, 3.05) is 13.2 Å². The average molecular weight is 309 g/mol. The molecule has 0 N–H and O–H groups in total. The van der Waals surface area contributed by atoms with Crippen molar-refractivity contribution in [1.82, 2.24) is 10.2 Å². The van der Waals surface area contributed by atoms with Crippen LogP contribution in [0.3, 0.4) is 0 Å². The fraction of sp³-hybridized carbons (Fsp3) is 0.385. The van der Waals surface area contributed by atoms with Gasteiger partial charge in [0.25, 0.3) is 0 Å². The first-order valence-corrected chi connectivity index (χ1v) is 6.79. The molecule has 3 rings (SSSR count). The van der Waals surface area contributed by atoms with E-state index in [1.165, 1.54) is 0 Å². The van der Waals surface area contributed by atoms with Crippen molar-refractivity contribution in [3.63, 3.8) is 0 Å². The van der Waals surface area contributed by atoms with Gasteiger partial charge in [-0.1, -0.05) is 15.9 Å². The maximum Gasteiger partial charge on any atom is 0.247 e. The Morgan fingerprint density at radius 1 is 1.06 bits per heavy atom. The lowest BCUT2D eigenvalue weighted by atomic mass is 10.0. The second-order valence-electron chi connectivity index (χ2n) is 4.34. The third-order valence-corrected chi connectivity index (χ3v) is 3.63. The minimum Gasteiger partial charge on any atom is -0.420 e. The molecule has 2 heterocycles. The molecule has 0 amide bonds. The zero-order chi connectivity index (χ0) is 12.4. The lowest BCUT2D eigenvalue weighted by Crippen LogP contribution is -2.14. The number of ether oxygens (including phenoxy) is 1. The summed E-state index contributed by atoms with van der Waals surface area (Å²) in [5.41, 5.74) is 0.948. The molecule has 0 radical (unpaired) electrons. The molecule has 1 aliphatic heterocycles. The van der Waals surface area contributed by atoms with E-state index >= 15 is 0 Å². The Balaban J connectivity index is 1.82. The Hall–Kier alpha value is -1.20. The molecule has 0 unspecified atom stereocenters. The molecular weight excluding hydrogens is 296 g/mol. The Morgan fingerprint density at radius 3 is 2.50 bits per heavy atom. The molecule has 1 saturated heterocycles. The maximum absolute atomic E-state index is 5.76. The van der Waals surface area contributed by atoms with E-state index in [2.05, 4.69) is 26.1 Å². The van der Waals surface area contributed by atoms with Crippen molar-refractivity contribution in [2.45, 2.75) is 18.8 Å². The van der Waals surface area contributed by atoms with Crippen molar-refractivity contribution < 1.29 is 9.15 Å². The second kappa shape index (κ2) is 5.20. The van der Waals surface area contributed by atoms with E-state index in [0.717, 1.165) is 42.0 Å². The summed E-state index contributed by atoms with van der Waals surface area (Å²) in [5, 5.41) is 8.27. The van der Waals surface area contributed by atoms with E-state index in [0.29, 0.717) is 11.8 Å². The first kappa shape index (κ1) is 11.9. The molecule has 94 valence electrons. The van der Waals surface area contributed by atoms with Crippen LogP contribution in [0.15, 0.2) is 33.2 Å². The highest BCUT2D eigenvalue weighted by atomic mass is 79.9. The number of hydrogen-bond acceptors (Lipinski definition) is 4. The fourth-order valence-corrected chi connectivity index (χ4v) is 2.32. The van der Waals surface area contributed by atoms with Gasteiger partial charge in [-0.05, 0) is 37.1 Å². The van der Waals surface area contributed by atoms with Gasteiger partial charge in [0.15, 0.2) is 0 Å². The third kappa shape index (κ3) is 2.47. The number of nitrogens with zero attached hydrogens (tertiary/aromatic N) is 2. The van der Waals surface area contributed by atoms with Gasteiger partial charge < -0.3 is 9.15 Å². The van der Waals surface area contributed by atoms with Crippen LogP contribution in [0.1, 0.15) is 24.7 Å². The van der Waals surface area contributed by atoms with Crippen LogP contribution in [-0.2, 0) is 4.74 Å². The quantitative estimate of drug-likeness (QED) is 0.853. The fourth-order valence-electron chi connectivity index (χ4n) is 2.05. The number of rotatable bonds is 2. The zero-order valence-electron chi connectivity index (χ0n) is 9.80. The zero-order valence-corrected chi connectivity index (χ0v) is 11.4. The van der Waals surface area contributed by atoms with Crippen molar-refractivity contribution in [3.05, 3.63) is 34.6 Å². The van der Waals surface area contributed by atoms with E-state index in [1.54, 1.807) is 0 Å². The first-order chi connectivity index (χ1) is 8.83. The van der Waals surface area contributed by atoms with Crippen LogP contribution < -0.4 is 0 Å². The van der Waals surface area contributed by atoms with E-state index in [4.69, 9.17) is 9.15 Å². The third-order valence-electron chi connectivity index (χ3n) is 3.10. The average Bonchev–Trinajstić information content (AvgIpc) is 2.90. The highest BCUT2D eigenvalue weighted by Gasteiger charge is 2.21. The smallest absolute Gasteiger partial charge is 0.247 e. The molecule has 2 aromatic rings. The highest BCUT2D eigenvalue weighted by Crippen LogP contribution is 2.28. The molecule has 4 nitrogen and oxygen atoms in total. The van der Waals surface area contributed by atoms with Crippen LogP contribution in [-0.4, -0.2) is 23.4 Å². The molecule has 1 aliphatic rings. The molecule has 0 atom stereocenters. The van der Waals surface area contributed by atoms with Crippen LogP contribution in [0.2, 0.25) is 0 Å². The predicted octanol–water partition coefficient (Wildman–Crippen LogP) is 3.39. The van der Waals surface area contributed by atoms with Crippen molar-refractivity contribution in [1.29, 1.82) is 0 Å². The van der Waals surface area contributed by atoms with Gasteiger partial charge in [-0.2, -0.15) is 0 Å². The van der Waals surface area contributed by atoms with Gasteiger partial charge in [-0.25, -0.2) is 0 Å². The van der Waals surface area contributed by atoms with Crippen molar-refractivity contribution >= 4 is 15.9 Å². The Labute approximate surface area is 113 Å². The summed E-state index contributed by atoms with van der Waals surface area (Å²) in [6.45, 7) is 1.56. The summed E-state index contributed by atoms with van der Waals surface area (Å²) in [4.78, 5) is 0. The summed E-state index contributed by atoms with van der Waals surface area (Å²) in [6, 6.07) is 7.86. The van der Waals surface area contributed by atoms with Gasteiger partial charge >= 0.3 is 0 Å². The summed E-state index contributed by atoms with van der Waals surface area (Å²) in [7, 11) is 0. The van der Waals surface area contributed by atoms with Gasteiger partial charge in [0.2, 0.25) is 11.8 Å². The van der Waals surface area contributed by atoms with Gasteiger partial charge in [0.05, 0.1) is 0 Å². The Bertz CT molecular complexity index is 518. The van der Waals surface area contributed by atoms with Gasteiger partial charge in [0, 0.05) is 29.2 Å². The van der Waals surface area contributed by atoms with Gasteiger partial charge in [0.1, 0.15) is 0 Å². The summed E-state index contributed by atoms with van der Waals surface area (Å²) >= 11 is 3.41. The standard InChI is InChI=1S/C13H13BrN2O2/c14-11-3-1-9(2-4-11)12-15-16-13(18-12)10-5-7-17-8-6-10/h1-4,10H,5-8H2. The Kier molecular flexibility index (Phi) is 3.43. The van der Waals surface area contributed by atoms with Gasteiger partial charge in [-0.15, -0.1) is 10.2 Å². The predicted molar refractivity (Wildman–Crippen MR) is 70.2 cm³/mol. The van der Waals surface area contributed by atoms with E-state index in [9.17, 15) is 0 Å². The molecule has 0 saturated carbocycles. The molecule has 0 bridgehead atoms. The largest absolute Gasteiger partial charge is 0.420 e. The minimum absolute atomic E-state index is 0.343. The lowest BCUT2D eigenvalue weighted by molar-refractivity contribution is 0.0795. The second-order valence-corrected chi connectivity index (χ2v) is 5.25. The van der Waals surface area contributed by atoms with Crippen LogP contribution >= 0.6 is 15.9 Å².